The molecule has 0 fully saturated rings. The Morgan fingerprint density at radius 3 is 2.94 bits per heavy atom. The van der Waals surface area contributed by atoms with E-state index in [4.69, 9.17) is 5.11 Å². The van der Waals surface area contributed by atoms with Crippen LogP contribution in [0.2, 0.25) is 0 Å². The van der Waals surface area contributed by atoms with Crippen LogP contribution in [0.25, 0.3) is 0 Å². The van der Waals surface area contributed by atoms with Gasteiger partial charge in [0.05, 0.1) is 6.54 Å². The van der Waals surface area contributed by atoms with Crippen molar-refractivity contribution < 1.29 is 9.90 Å². The molecule has 3 N–H and O–H groups in total. The average molecular weight is 271 g/mol. The van der Waals surface area contributed by atoms with Crippen molar-refractivity contribution in [3.8, 4) is 0 Å². The molecule has 100 valence electrons. The van der Waals surface area contributed by atoms with Crippen molar-refractivity contribution in [2.24, 2.45) is 0 Å². The van der Waals surface area contributed by atoms with Crippen LogP contribution in [0.5, 0.6) is 0 Å². The lowest BCUT2D eigenvalue weighted by Crippen LogP contribution is -2.42. The standard InChI is InChI=1S/C13H18N2O2.ClH/c1-9-6-10-4-2-3-5-11(10)12(15-9)7-14-8-13(16)17;/h2-5,9,12,14-15H,6-8H2,1H3,(H,16,17);1H/t9-,12+;/m0./s1. The summed E-state index contributed by atoms with van der Waals surface area (Å²) in [5.41, 5.74) is 2.64. The number of rotatable bonds is 4. The predicted molar refractivity (Wildman–Crippen MR) is 73.2 cm³/mol. The number of aliphatic carboxylic acids is 1. The zero-order valence-electron chi connectivity index (χ0n) is 10.3. The molecule has 0 saturated carbocycles. The number of carboxylic acids is 1. The molecule has 2 atom stereocenters. The predicted octanol–water partition coefficient (Wildman–Crippen LogP) is 1.36. The lowest BCUT2D eigenvalue weighted by atomic mass is 9.91. The third-order valence-corrected chi connectivity index (χ3v) is 3.07. The van der Waals surface area contributed by atoms with Gasteiger partial charge in [-0.25, -0.2) is 0 Å². The van der Waals surface area contributed by atoms with Crippen molar-refractivity contribution in [2.45, 2.75) is 25.4 Å². The van der Waals surface area contributed by atoms with Crippen LogP contribution in [0.4, 0.5) is 0 Å². The van der Waals surface area contributed by atoms with E-state index in [2.05, 4.69) is 35.8 Å². The highest BCUT2D eigenvalue weighted by atomic mass is 35.5. The summed E-state index contributed by atoms with van der Waals surface area (Å²) < 4.78 is 0. The van der Waals surface area contributed by atoms with Crippen LogP contribution in [0.15, 0.2) is 24.3 Å². The normalized spacial score (nSPS) is 21.8. The summed E-state index contributed by atoms with van der Waals surface area (Å²) in [6.07, 6.45) is 1.03. The minimum absolute atomic E-state index is 0. The summed E-state index contributed by atoms with van der Waals surface area (Å²) in [5, 5.41) is 15.1. The third-order valence-electron chi connectivity index (χ3n) is 3.07. The first kappa shape index (κ1) is 15.0. The highest BCUT2D eigenvalue weighted by Crippen LogP contribution is 2.24. The van der Waals surface area contributed by atoms with Crippen LogP contribution in [-0.2, 0) is 11.2 Å². The van der Waals surface area contributed by atoms with Gasteiger partial charge >= 0.3 is 5.97 Å². The molecule has 0 aliphatic carbocycles. The molecular formula is C13H19ClN2O2. The molecule has 5 heteroatoms. The van der Waals surface area contributed by atoms with Crippen molar-refractivity contribution in [1.82, 2.24) is 10.6 Å². The first-order valence-corrected chi connectivity index (χ1v) is 5.93. The van der Waals surface area contributed by atoms with Gasteiger partial charge in [0.15, 0.2) is 0 Å². The minimum atomic E-state index is -0.817. The molecule has 0 spiro atoms. The first-order valence-electron chi connectivity index (χ1n) is 5.93. The molecule has 18 heavy (non-hydrogen) atoms. The van der Waals surface area contributed by atoms with Crippen molar-refractivity contribution in [3.63, 3.8) is 0 Å². The monoisotopic (exact) mass is 270 g/mol. The van der Waals surface area contributed by atoms with Crippen LogP contribution >= 0.6 is 12.4 Å². The highest BCUT2D eigenvalue weighted by Gasteiger charge is 2.22. The topological polar surface area (TPSA) is 61.4 Å². The van der Waals surface area contributed by atoms with Gasteiger partial charge in [0, 0.05) is 18.6 Å². The van der Waals surface area contributed by atoms with Gasteiger partial charge < -0.3 is 15.7 Å². The number of hydrogen-bond acceptors (Lipinski definition) is 3. The zero-order chi connectivity index (χ0) is 12.3. The molecule has 0 amide bonds. The third kappa shape index (κ3) is 3.70. The van der Waals surface area contributed by atoms with Crippen molar-refractivity contribution in [2.75, 3.05) is 13.1 Å². The maximum Gasteiger partial charge on any atom is 0.317 e. The van der Waals surface area contributed by atoms with Gasteiger partial charge in [-0.3, -0.25) is 4.79 Å². The van der Waals surface area contributed by atoms with E-state index in [1.54, 1.807) is 0 Å². The molecule has 0 unspecified atom stereocenters. The molecule has 1 aliphatic heterocycles. The van der Waals surface area contributed by atoms with E-state index in [1.807, 2.05) is 6.07 Å². The largest absolute Gasteiger partial charge is 0.480 e. The second-order valence-corrected chi connectivity index (χ2v) is 4.55. The fourth-order valence-corrected chi connectivity index (χ4v) is 2.37. The van der Waals surface area contributed by atoms with E-state index in [1.165, 1.54) is 11.1 Å². The molecule has 4 nitrogen and oxygen atoms in total. The molecule has 0 aromatic heterocycles. The number of fused-ring (bicyclic) bond motifs is 1. The van der Waals surface area contributed by atoms with Crippen molar-refractivity contribution in [3.05, 3.63) is 35.4 Å². The van der Waals surface area contributed by atoms with Crippen LogP contribution < -0.4 is 10.6 Å². The molecule has 0 bridgehead atoms. The fourth-order valence-electron chi connectivity index (χ4n) is 2.37. The van der Waals surface area contributed by atoms with Crippen molar-refractivity contribution >= 4 is 18.4 Å². The summed E-state index contributed by atoms with van der Waals surface area (Å²) in [6, 6.07) is 8.98. The fraction of sp³-hybridized carbons (Fsp3) is 0.462. The van der Waals surface area contributed by atoms with Gasteiger partial charge in [0.2, 0.25) is 0 Å². The molecule has 1 aliphatic rings. The molecule has 2 rings (SSSR count). The quantitative estimate of drug-likeness (QED) is 0.773. The smallest absolute Gasteiger partial charge is 0.317 e. The van der Waals surface area contributed by atoms with E-state index in [-0.39, 0.29) is 25.0 Å². The number of nitrogens with one attached hydrogen (secondary N) is 2. The molecule has 0 radical (unpaired) electrons. The lowest BCUT2D eigenvalue weighted by Gasteiger charge is -2.31. The number of benzene rings is 1. The Morgan fingerprint density at radius 2 is 2.22 bits per heavy atom. The summed E-state index contributed by atoms with van der Waals surface area (Å²) in [7, 11) is 0. The van der Waals surface area contributed by atoms with Crippen molar-refractivity contribution in [1.29, 1.82) is 0 Å². The summed E-state index contributed by atoms with van der Waals surface area (Å²) in [4.78, 5) is 10.5. The van der Waals surface area contributed by atoms with E-state index in [0.29, 0.717) is 12.6 Å². The zero-order valence-corrected chi connectivity index (χ0v) is 11.2. The molecule has 1 aromatic rings. The Morgan fingerprint density at radius 1 is 1.50 bits per heavy atom. The molecule has 0 saturated heterocycles. The Bertz CT molecular complexity index is 412. The van der Waals surface area contributed by atoms with E-state index in [9.17, 15) is 4.79 Å². The average Bonchev–Trinajstić information content (AvgIpc) is 2.28. The number of halogens is 1. The molecular weight excluding hydrogens is 252 g/mol. The summed E-state index contributed by atoms with van der Waals surface area (Å²) in [5.74, 6) is -0.817. The van der Waals surface area contributed by atoms with E-state index < -0.39 is 5.97 Å². The highest BCUT2D eigenvalue weighted by molar-refractivity contribution is 5.85. The van der Waals surface area contributed by atoms with Gasteiger partial charge in [-0.2, -0.15) is 0 Å². The molecule has 1 heterocycles. The van der Waals surface area contributed by atoms with Gasteiger partial charge in [0.1, 0.15) is 0 Å². The number of carboxylic acid groups (broad SMARTS) is 1. The van der Waals surface area contributed by atoms with E-state index >= 15 is 0 Å². The summed E-state index contributed by atoms with van der Waals surface area (Å²) in [6.45, 7) is 2.81. The Hall–Kier alpha value is -1.10. The second-order valence-electron chi connectivity index (χ2n) is 4.55. The van der Waals surface area contributed by atoms with Gasteiger partial charge in [0.25, 0.3) is 0 Å². The maximum atomic E-state index is 10.5. The minimum Gasteiger partial charge on any atom is -0.480 e. The number of carbonyl (C=O) groups is 1. The van der Waals surface area contributed by atoms with Gasteiger partial charge in [-0.1, -0.05) is 24.3 Å². The van der Waals surface area contributed by atoms with Gasteiger partial charge in [-0.05, 0) is 24.5 Å². The molecule has 1 aromatic carbocycles. The van der Waals surface area contributed by atoms with Gasteiger partial charge in [-0.15, -0.1) is 12.4 Å². The number of hydrogen-bond donors (Lipinski definition) is 3. The van der Waals surface area contributed by atoms with Crippen LogP contribution in [0.1, 0.15) is 24.1 Å². The first-order chi connectivity index (χ1) is 8.16. The Kier molecular flexibility index (Phi) is 5.59. The second kappa shape index (κ2) is 6.73. The Labute approximate surface area is 113 Å². The maximum absolute atomic E-state index is 10.5. The lowest BCUT2D eigenvalue weighted by molar-refractivity contribution is -0.135. The van der Waals surface area contributed by atoms with E-state index in [0.717, 1.165) is 6.42 Å². The van der Waals surface area contributed by atoms with Crippen LogP contribution in [-0.4, -0.2) is 30.2 Å². The van der Waals surface area contributed by atoms with Crippen LogP contribution in [0.3, 0.4) is 0 Å². The van der Waals surface area contributed by atoms with Crippen LogP contribution in [0, 0.1) is 0 Å². The SMILES string of the molecule is C[C@H]1Cc2ccccc2[C@@H](CNCC(=O)O)N1.Cl. The Balaban J connectivity index is 0.00000162. The summed E-state index contributed by atoms with van der Waals surface area (Å²) >= 11 is 0.